The predicted molar refractivity (Wildman–Crippen MR) is 101 cm³/mol. The highest BCUT2D eigenvalue weighted by atomic mass is 35.5. The molecule has 2 bridgehead atoms. The van der Waals surface area contributed by atoms with E-state index in [1.54, 1.807) is 20.8 Å². The second-order valence-electron chi connectivity index (χ2n) is 7.32. The number of nitrogens with zero attached hydrogens (tertiary/aromatic N) is 1. The number of aliphatic hydroxyl groups is 2. The first-order valence-electron chi connectivity index (χ1n) is 8.75. The molecule has 4 atom stereocenters. The summed E-state index contributed by atoms with van der Waals surface area (Å²) in [4.78, 5) is 35.2. The Balaban J connectivity index is 0.000000493. The number of methoxy groups -OCH3 is 1. The summed E-state index contributed by atoms with van der Waals surface area (Å²) in [5, 5.41) is 18.8. The van der Waals surface area contributed by atoms with Crippen LogP contribution < -0.4 is 5.32 Å². The smallest absolute Gasteiger partial charge is 0.411 e. The second-order valence-corrected chi connectivity index (χ2v) is 7.32. The number of hydrogen-bond donors (Lipinski definition) is 3. The maximum atomic E-state index is 11.7. The van der Waals surface area contributed by atoms with E-state index in [0.29, 0.717) is 25.9 Å². The number of nitrogens with one attached hydrogen (secondary N) is 1. The van der Waals surface area contributed by atoms with Crippen LogP contribution in [0.1, 0.15) is 33.6 Å². The standard InChI is InChI=1S/C10H15NO4.C6H11NO3.CH4O.ClH/c1-10(2,3)15-9(13)11-5-6-4-7(11)8(12)14-6;1-10-6(9)5-2-4(8)3-7-5;1-2;/h6-7H,4-5H2,1-3H3;4-5,7-8H,2-3H2,1H3;2H,1H3;1H/t;4-,5-;;/m.0../s1. The summed E-state index contributed by atoms with van der Waals surface area (Å²) in [5.74, 6) is -0.603. The van der Waals surface area contributed by atoms with E-state index in [2.05, 4.69) is 10.1 Å². The SMILES string of the molecule is CC(C)(C)OC(=O)N1CC2CC1C(=O)O2.CO.COC(=O)[C@@H]1C[C@H](O)CN1.Cl. The molecule has 28 heavy (non-hydrogen) atoms. The monoisotopic (exact) mass is 426 g/mol. The van der Waals surface area contributed by atoms with Gasteiger partial charge in [-0.2, -0.15) is 0 Å². The van der Waals surface area contributed by atoms with Crippen molar-refractivity contribution in [2.75, 3.05) is 27.3 Å². The van der Waals surface area contributed by atoms with E-state index in [-0.39, 0.29) is 36.5 Å². The Hall–Kier alpha value is -1.62. The quantitative estimate of drug-likeness (QED) is 0.386. The molecule has 1 amide bonds. The number of halogens is 1. The van der Waals surface area contributed by atoms with Gasteiger partial charge < -0.3 is 29.7 Å². The average Bonchev–Trinajstić information content (AvgIpc) is 3.30. The molecule has 0 aromatic heterocycles. The van der Waals surface area contributed by atoms with Crippen LogP contribution in [0, 0.1) is 0 Å². The number of ether oxygens (including phenoxy) is 3. The molecule has 2 unspecified atom stereocenters. The number of esters is 2. The minimum Gasteiger partial charge on any atom is -0.468 e. The van der Waals surface area contributed by atoms with Crippen LogP contribution in [0.25, 0.3) is 0 Å². The lowest BCUT2D eigenvalue weighted by Gasteiger charge is -2.29. The van der Waals surface area contributed by atoms with E-state index in [1.165, 1.54) is 12.0 Å². The molecule has 3 aliphatic rings. The number of morpholine rings is 1. The van der Waals surface area contributed by atoms with Gasteiger partial charge in [0.15, 0.2) is 0 Å². The summed E-state index contributed by atoms with van der Waals surface area (Å²) in [6, 6.07) is -0.732. The molecule has 3 rings (SSSR count). The maximum Gasteiger partial charge on any atom is 0.411 e. The largest absolute Gasteiger partial charge is 0.468 e. The fraction of sp³-hybridized carbons (Fsp3) is 0.824. The average molecular weight is 427 g/mol. The summed E-state index contributed by atoms with van der Waals surface area (Å²) in [7, 11) is 2.34. The molecular weight excluding hydrogens is 396 g/mol. The normalized spacial score (nSPS) is 27.4. The third kappa shape index (κ3) is 7.42. The number of carbonyl (C=O) groups is 3. The first-order chi connectivity index (χ1) is 12.6. The maximum absolute atomic E-state index is 11.7. The van der Waals surface area contributed by atoms with Crippen LogP contribution in [-0.2, 0) is 23.8 Å². The van der Waals surface area contributed by atoms with Crippen LogP contribution in [0.5, 0.6) is 0 Å². The van der Waals surface area contributed by atoms with Crippen LogP contribution in [0.4, 0.5) is 4.79 Å². The van der Waals surface area contributed by atoms with Gasteiger partial charge >= 0.3 is 18.0 Å². The van der Waals surface area contributed by atoms with Crippen molar-refractivity contribution >= 4 is 30.4 Å². The molecule has 0 spiro atoms. The Kier molecular flexibility index (Phi) is 10.7. The Labute approximate surface area is 170 Å². The van der Waals surface area contributed by atoms with Gasteiger partial charge in [0.25, 0.3) is 0 Å². The van der Waals surface area contributed by atoms with Gasteiger partial charge in [-0.3, -0.25) is 9.69 Å². The van der Waals surface area contributed by atoms with Crippen LogP contribution >= 0.6 is 12.4 Å². The zero-order valence-corrected chi connectivity index (χ0v) is 17.7. The Morgan fingerprint density at radius 3 is 2.25 bits per heavy atom. The van der Waals surface area contributed by atoms with Gasteiger partial charge in [-0.05, 0) is 20.8 Å². The molecule has 0 aliphatic carbocycles. The predicted octanol–water partition coefficient (Wildman–Crippen LogP) is -0.166. The Morgan fingerprint density at radius 1 is 1.25 bits per heavy atom. The van der Waals surface area contributed by atoms with Crippen molar-refractivity contribution in [2.45, 2.75) is 63.5 Å². The fourth-order valence-electron chi connectivity index (χ4n) is 2.91. The van der Waals surface area contributed by atoms with E-state index >= 15 is 0 Å². The van der Waals surface area contributed by atoms with E-state index in [4.69, 9.17) is 19.7 Å². The van der Waals surface area contributed by atoms with Crippen molar-refractivity contribution in [2.24, 2.45) is 0 Å². The molecule has 3 fully saturated rings. The molecule has 3 aliphatic heterocycles. The van der Waals surface area contributed by atoms with Gasteiger partial charge in [0.05, 0.1) is 19.8 Å². The first kappa shape index (κ1) is 26.4. The van der Waals surface area contributed by atoms with E-state index in [9.17, 15) is 14.4 Å². The number of rotatable bonds is 1. The number of β-amino-alcohol motifs (C(OH)–C–C–N with tert-alkyl or cyclic N) is 1. The highest BCUT2D eigenvalue weighted by Gasteiger charge is 2.49. The number of fused-ring (bicyclic) bond motifs is 2. The zero-order chi connectivity index (χ0) is 20.8. The van der Waals surface area contributed by atoms with Gasteiger partial charge in [-0.1, -0.05) is 0 Å². The van der Waals surface area contributed by atoms with Gasteiger partial charge in [-0.15, -0.1) is 12.4 Å². The van der Waals surface area contributed by atoms with E-state index in [0.717, 1.165) is 7.11 Å². The second kappa shape index (κ2) is 11.4. The lowest BCUT2D eigenvalue weighted by molar-refractivity contribution is -0.150. The zero-order valence-electron chi connectivity index (χ0n) is 16.8. The van der Waals surface area contributed by atoms with Crippen molar-refractivity contribution in [1.29, 1.82) is 0 Å². The summed E-state index contributed by atoms with van der Waals surface area (Å²) in [6.45, 7) is 6.36. The molecular formula is C17H31ClN2O8. The van der Waals surface area contributed by atoms with Crippen LogP contribution in [0.3, 0.4) is 0 Å². The molecule has 10 nitrogen and oxygen atoms in total. The number of amides is 1. The lowest BCUT2D eigenvalue weighted by Crippen LogP contribution is -2.46. The van der Waals surface area contributed by atoms with Crippen molar-refractivity contribution in [1.82, 2.24) is 10.2 Å². The molecule has 164 valence electrons. The topological polar surface area (TPSA) is 135 Å². The number of likely N-dealkylation sites (tertiary alicyclic amines) is 1. The van der Waals surface area contributed by atoms with E-state index in [1.807, 2.05) is 0 Å². The Bertz CT molecular complexity index is 540. The minimum atomic E-state index is -0.525. The third-order valence-corrected chi connectivity index (χ3v) is 4.04. The molecule has 0 aromatic rings. The van der Waals surface area contributed by atoms with Gasteiger partial charge in [-0.25, -0.2) is 9.59 Å². The lowest BCUT2D eigenvalue weighted by atomic mass is 10.2. The van der Waals surface area contributed by atoms with Gasteiger partial charge in [0, 0.05) is 26.5 Å². The molecule has 0 aromatic carbocycles. The number of aliphatic hydroxyl groups excluding tert-OH is 2. The highest BCUT2D eigenvalue weighted by Crippen LogP contribution is 2.30. The summed E-state index contributed by atoms with van der Waals surface area (Å²) in [5.41, 5.74) is -0.525. The summed E-state index contributed by atoms with van der Waals surface area (Å²) in [6.07, 6.45) is 0.121. The van der Waals surface area contributed by atoms with Crippen molar-refractivity contribution in [3.8, 4) is 0 Å². The summed E-state index contributed by atoms with van der Waals surface area (Å²) >= 11 is 0. The fourth-order valence-corrected chi connectivity index (χ4v) is 2.91. The molecule has 0 saturated carbocycles. The van der Waals surface area contributed by atoms with Crippen molar-refractivity contribution in [3.63, 3.8) is 0 Å². The van der Waals surface area contributed by atoms with Crippen LogP contribution in [0.2, 0.25) is 0 Å². The highest BCUT2D eigenvalue weighted by molar-refractivity contribution is 5.85. The summed E-state index contributed by atoms with van der Waals surface area (Å²) < 4.78 is 14.7. The van der Waals surface area contributed by atoms with Crippen LogP contribution in [-0.4, -0.2) is 90.3 Å². The Morgan fingerprint density at radius 2 is 1.86 bits per heavy atom. The molecule has 3 N–H and O–H groups in total. The number of hydrogen-bond acceptors (Lipinski definition) is 9. The van der Waals surface area contributed by atoms with Crippen LogP contribution in [0.15, 0.2) is 0 Å². The van der Waals surface area contributed by atoms with Gasteiger partial charge in [0.2, 0.25) is 0 Å². The molecule has 0 radical (unpaired) electrons. The van der Waals surface area contributed by atoms with E-state index < -0.39 is 23.8 Å². The molecule has 11 heteroatoms. The third-order valence-electron chi connectivity index (χ3n) is 4.04. The van der Waals surface area contributed by atoms with Crippen molar-refractivity contribution < 1.29 is 38.8 Å². The minimum absolute atomic E-state index is 0. The first-order valence-corrected chi connectivity index (χ1v) is 8.75. The van der Waals surface area contributed by atoms with Crippen molar-refractivity contribution in [3.05, 3.63) is 0 Å². The van der Waals surface area contributed by atoms with Gasteiger partial charge in [0.1, 0.15) is 23.8 Å². The molecule has 3 saturated heterocycles. The molecule has 3 heterocycles. The number of carbonyl (C=O) groups excluding carboxylic acids is 3.